The maximum absolute atomic E-state index is 12.1. The van der Waals surface area contributed by atoms with E-state index in [4.69, 9.17) is 10.5 Å². The molecule has 2 fully saturated rings. The number of hydrogen-bond donors (Lipinski definition) is 2. The first-order valence-corrected chi connectivity index (χ1v) is 7.30. The first-order valence-electron chi connectivity index (χ1n) is 7.30. The summed E-state index contributed by atoms with van der Waals surface area (Å²) in [6.45, 7) is 4.41. The quantitative estimate of drug-likeness (QED) is 0.794. The van der Waals surface area contributed by atoms with Gasteiger partial charge in [0.1, 0.15) is 0 Å². The first-order chi connectivity index (χ1) is 8.70. The van der Waals surface area contributed by atoms with E-state index in [0.29, 0.717) is 11.8 Å². The summed E-state index contributed by atoms with van der Waals surface area (Å²) < 4.78 is 5.51. The maximum Gasteiger partial charge on any atom is 0.223 e. The van der Waals surface area contributed by atoms with Gasteiger partial charge in [0, 0.05) is 25.0 Å². The zero-order valence-corrected chi connectivity index (χ0v) is 11.4. The Morgan fingerprint density at radius 3 is 2.89 bits per heavy atom. The number of carbonyl (C=O) groups is 1. The van der Waals surface area contributed by atoms with Gasteiger partial charge in [-0.15, -0.1) is 0 Å². The number of nitrogens with two attached hydrogens (primary N) is 1. The van der Waals surface area contributed by atoms with Crippen LogP contribution in [0.3, 0.4) is 0 Å². The van der Waals surface area contributed by atoms with Crippen molar-refractivity contribution >= 4 is 5.91 Å². The van der Waals surface area contributed by atoms with E-state index >= 15 is 0 Å². The molecule has 4 heteroatoms. The number of ether oxygens (including phenoxy) is 1. The van der Waals surface area contributed by atoms with Crippen LogP contribution in [-0.4, -0.2) is 31.7 Å². The van der Waals surface area contributed by atoms with Crippen LogP contribution in [0.5, 0.6) is 0 Å². The molecule has 4 nitrogen and oxygen atoms in total. The monoisotopic (exact) mass is 254 g/mol. The predicted octanol–water partition coefficient (Wildman–Crippen LogP) is 1.29. The number of amides is 1. The molecule has 0 aromatic carbocycles. The second kappa shape index (κ2) is 6.53. The van der Waals surface area contributed by atoms with E-state index in [9.17, 15) is 4.79 Å². The normalized spacial score (nSPS) is 36.6. The van der Waals surface area contributed by atoms with Crippen LogP contribution < -0.4 is 11.1 Å². The third-order valence-electron chi connectivity index (χ3n) is 4.56. The molecule has 2 rings (SSSR count). The second-order valence-corrected chi connectivity index (χ2v) is 5.84. The molecular formula is C14H26N2O2. The number of rotatable bonds is 4. The lowest BCUT2D eigenvalue weighted by molar-refractivity contribution is -0.126. The molecule has 4 unspecified atom stereocenters. The fourth-order valence-electron chi connectivity index (χ4n) is 3.16. The molecule has 18 heavy (non-hydrogen) atoms. The minimum Gasteiger partial charge on any atom is -0.378 e. The standard InChI is InChI=1S/C14H26N2O2/c1-10-13(5-6-18-10)9-16-14(17)12-4-2-3-11(7-12)8-15/h10-13H,2-9,15H2,1H3,(H,16,17). The Bertz CT molecular complexity index is 283. The highest BCUT2D eigenvalue weighted by Gasteiger charge is 2.28. The zero-order chi connectivity index (χ0) is 13.0. The summed E-state index contributed by atoms with van der Waals surface area (Å²) in [5, 5.41) is 3.11. The molecule has 104 valence electrons. The van der Waals surface area contributed by atoms with Gasteiger partial charge in [0.25, 0.3) is 0 Å². The average Bonchev–Trinajstić information content (AvgIpc) is 2.81. The van der Waals surface area contributed by atoms with Gasteiger partial charge in [0.2, 0.25) is 5.91 Å². The molecule has 1 heterocycles. The van der Waals surface area contributed by atoms with E-state index in [1.165, 1.54) is 6.42 Å². The molecule has 1 amide bonds. The van der Waals surface area contributed by atoms with Crippen molar-refractivity contribution in [3.63, 3.8) is 0 Å². The summed E-state index contributed by atoms with van der Waals surface area (Å²) in [6, 6.07) is 0. The van der Waals surface area contributed by atoms with Crippen molar-refractivity contribution in [2.75, 3.05) is 19.7 Å². The molecule has 1 saturated carbocycles. The molecule has 0 aromatic heterocycles. The number of nitrogens with one attached hydrogen (secondary N) is 1. The molecule has 4 atom stereocenters. The molecule has 1 aliphatic carbocycles. The lowest BCUT2D eigenvalue weighted by atomic mass is 9.81. The van der Waals surface area contributed by atoms with Crippen molar-refractivity contribution in [1.29, 1.82) is 0 Å². The van der Waals surface area contributed by atoms with Crippen LogP contribution in [0.1, 0.15) is 39.0 Å². The fourth-order valence-corrected chi connectivity index (χ4v) is 3.16. The Balaban J connectivity index is 1.73. The van der Waals surface area contributed by atoms with E-state index in [0.717, 1.165) is 45.4 Å². The van der Waals surface area contributed by atoms with Gasteiger partial charge < -0.3 is 15.8 Å². The van der Waals surface area contributed by atoms with Crippen molar-refractivity contribution in [3.8, 4) is 0 Å². The van der Waals surface area contributed by atoms with E-state index < -0.39 is 0 Å². The van der Waals surface area contributed by atoms with Gasteiger partial charge >= 0.3 is 0 Å². The van der Waals surface area contributed by atoms with Crippen molar-refractivity contribution in [2.24, 2.45) is 23.5 Å². The van der Waals surface area contributed by atoms with Crippen molar-refractivity contribution in [1.82, 2.24) is 5.32 Å². The maximum atomic E-state index is 12.1. The summed E-state index contributed by atoms with van der Waals surface area (Å²) >= 11 is 0. The van der Waals surface area contributed by atoms with Crippen LogP contribution >= 0.6 is 0 Å². The molecule has 0 bridgehead atoms. The van der Waals surface area contributed by atoms with Crippen LogP contribution in [-0.2, 0) is 9.53 Å². The van der Waals surface area contributed by atoms with Crippen LogP contribution in [0.4, 0.5) is 0 Å². The van der Waals surface area contributed by atoms with Gasteiger partial charge in [-0.3, -0.25) is 4.79 Å². The first kappa shape index (κ1) is 13.8. The Labute approximate surface area is 110 Å². The van der Waals surface area contributed by atoms with Gasteiger partial charge in [-0.2, -0.15) is 0 Å². The van der Waals surface area contributed by atoms with Crippen molar-refractivity contribution < 1.29 is 9.53 Å². The second-order valence-electron chi connectivity index (χ2n) is 5.84. The molecule has 0 radical (unpaired) electrons. The van der Waals surface area contributed by atoms with E-state index in [1.54, 1.807) is 0 Å². The third-order valence-corrected chi connectivity index (χ3v) is 4.56. The summed E-state index contributed by atoms with van der Waals surface area (Å²) in [5.74, 6) is 1.45. The van der Waals surface area contributed by atoms with E-state index in [2.05, 4.69) is 12.2 Å². The van der Waals surface area contributed by atoms with Crippen LogP contribution in [0.2, 0.25) is 0 Å². The fraction of sp³-hybridized carbons (Fsp3) is 0.929. The smallest absolute Gasteiger partial charge is 0.223 e. The number of carbonyl (C=O) groups excluding carboxylic acids is 1. The minimum atomic E-state index is 0.185. The SMILES string of the molecule is CC1OCCC1CNC(=O)C1CCCC(CN)C1. The zero-order valence-electron chi connectivity index (χ0n) is 11.4. The molecular weight excluding hydrogens is 228 g/mol. The summed E-state index contributed by atoms with van der Waals surface area (Å²) in [6.07, 6.45) is 5.68. The molecule has 0 aromatic rings. The van der Waals surface area contributed by atoms with Gasteiger partial charge in [0.15, 0.2) is 0 Å². The number of hydrogen-bond acceptors (Lipinski definition) is 3. The molecule has 1 aliphatic heterocycles. The van der Waals surface area contributed by atoms with Crippen molar-refractivity contribution in [2.45, 2.75) is 45.1 Å². The molecule has 2 aliphatic rings. The van der Waals surface area contributed by atoms with E-state index in [1.807, 2.05) is 0 Å². The van der Waals surface area contributed by atoms with Crippen LogP contribution in [0.25, 0.3) is 0 Å². The van der Waals surface area contributed by atoms with Gasteiger partial charge in [-0.05, 0) is 45.1 Å². The van der Waals surface area contributed by atoms with Crippen LogP contribution in [0, 0.1) is 17.8 Å². The topological polar surface area (TPSA) is 64.3 Å². The minimum absolute atomic E-state index is 0.185. The largest absolute Gasteiger partial charge is 0.378 e. The Kier molecular flexibility index (Phi) is 5.01. The molecule has 3 N–H and O–H groups in total. The predicted molar refractivity (Wildman–Crippen MR) is 71.0 cm³/mol. The Morgan fingerprint density at radius 1 is 1.39 bits per heavy atom. The van der Waals surface area contributed by atoms with Gasteiger partial charge in [-0.25, -0.2) is 0 Å². The average molecular weight is 254 g/mol. The highest BCUT2D eigenvalue weighted by atomic mass is 16.5. The molecule has 0 spiro atoms. The van der Waals surface area contributed by atoms with Gasteiger partial charge in [-0.1, -0.05) is 6.42 Å². The highest BCUT2D eigenvalue weighted by molar-refractivity contribution is 5.78. The third kappa shape index (κ3) is 3.45. The van der Waals surface area contributed by atoms with Crippen molar-refractivity contribution in [3.05, 3.63) is 0 Å². The lowest BCUT2D eigenvalue weighted by Crippen LogP contribution is -2.38. The summed E-state index contributed by atoms with van der Waals surface area (Å²) in [5.41, 5.74) is 5.71. The Morgan fingerprint density at radius 2 is 2.22 bits per heavy atom. The van der Waals surface area contributed by atoms with Gasteiger partial charge in [0.05, 0.1) is 6.10 Å². The van der Waals surface area contributed by atoms with E-state index in [-0.39, 0.29) is 17.9 Å². The van der Waals surface area contributed by atoms with Crippen LogP contribution in [0.15, 0.2) is 0 Å². The molecule has 1 saturated heterocycles. The highest BCUT2D eigenvalue weighted by Crippen LogP contribution is 2.28. The summed E-state index contributed by atoms with van der Waals surface area (Å²) in [4.78, 5) is 12.1. The lowest BCUT2D eigenvalue weighted by Gasteiger charge is -2.28. The summed E-state index contributed by atoms with van der Waals surface area (Å²) in [7, 11) is 0. The Hall–Kier alpha value is -0.610.